The lowest BCUT2D eigenvalue weighted by Crippen LogP contribution is -2.52. The Morgan fingerprint density at radius 2 is 0.592 bits per heavy atom. The summed E-state index contributed by atoms with van der Waals surface area (Å²) in [5, 5.41) is 44.9. The van der Waals surface area contributed by atoms with Gasteiger partial charge in [0, 0.05) is 85.3 Å². The Kier molecular flexibility index (Phi) is 81.0. The molecule has 2 unspecified atom stereocenters. The first-order chi connectivity index (χ1) is 61.2. The number of rotatable bonds is 93. The van der Waals surface area contributed by atoms with Gasteiger partial charge in [-0.1, -0.05) is 12.1 Å². The lowest BCUT2D eigenvalue weighted by molar-refractivity contribution is -0.144. The van der Waals surface area contributed by atoms with Gasteiger partial charge in [0.15, 0.2) is 0 Å². The maximum absolute atomic E-state index is 12.8. The smallest absolute Gasteiger partial charge is 0.321 e. The highest BCUT2D eigenvalue weighted by molar-refractivity contribution is 5.84. The Balaban J connectivity index is 1.24. The van der Waals surface area contributed by atoms with Crippen LogP contribution in [0.3, 0.4) is 0 Å². The standard InChI is InChI=1S/C83H150N6O36/c1-73(90)124-67-65-122-63-61-120-59-57-118-55-53-116-51-49-114-47-45-111-41-39-109-37-35-107-33-31-105-29-27-103-25-23-101-21-4-6-78(91)76(84-2)5-3-12-85-79(92)11-22-102-24-26-104-28-30-106-32-34-108-36-38-110-40-42-112-43-44-113-46-48-115-50-52-117-54-56-119-58-60-121-62-64-123-66-68-125-75-9-7-74(8-10-75)69-77(83(99)100)89-19-17-87(71-81(95)96)15-13-86(70-80(93)94)14-16-88(18-20-89)72-82(97)98/h7-10,76-77,84H,3-6,11-72H2,1-2H3,(H,85,92)(H,93,94)(H,95,96)(H,97,98)(H,99,100). The summed E-state index contributed by atoms with van der Waals surface area (Å²) in [4.78, 5) is 90.1. The monoisotopic (exact) mass is 1810 g/mol. The molecule has 1 aromatic rings. The quantitative estimate of drug-likeness (QED) is 0.0360. The number of aliphatic carboxylic acids is 4. The second kappa shape index (κ2) is 87.7. The van der Waals surface area contributed by atoms with Crippen molar-refractivity contribution in [2.45, 2.75) is 57.5 Å². The van der Waals surface area contributed by atoms with Crippen LogP contribution in [0.5, 0.6) is 5.75 Å². The SMILES string of the molecule is CNC(CCCNC(=O)CCOCCOCCOCCOCCOCCOCCOCCOCCOCCOCCOCCOCCOc1ccc(CC(C(=O)O)N2CCN(CC(=O)O)CCN(CC(=O)O)CCN(CC(=O)O)CC2)cc1)C(=O)CCCOCCOCCOCCOCCOCCOCCOCCOCCOCCOCCOCCOC(C)=O. The Morgan fingerprint density at radius 3 is 0.864 bits per heavy atom. The van der Waals surface area contributed by atoms with E-state index in [-0.39, 0.29) is 128 Å². The van der Waals surface area contributed by atoms with Gasteiger partial charge in [-0.2, -0.15) is 0 Å². The molecule has 1 saturated heterocycles. The van der Waals surface area contributed by atoms with Gasteiger partial charge in [0.05, 0.1) is 323 Å². The Hall–Kier alpha value is -5.61. The predicted octanol–water partition coefficient (Wildman–Crippen LogP) is -0.295. The molecule has 0 spiro atoms. The number of benzene rings is 1. The van der Waals surface area contributed by atoms with Crippen molar-refractivity contribution >= 4 is 41.5 Å². The molecule has 1 aliphatic rings. The first-order valence-electron chi connectivity index (χ1n) is 43.6. The normalized spacial score (nSPS) is 14.0. The van der Waals surface area contributed by atoms with Gasteiger partial charge in [-0.3, -0.25) is 53.2 Å². The third-order valence-corrected chi connectivity index (χ3v) is 17.8. The largest absolute Gasteiger partial charge is 0.491 e. The molecule has 1 amide bonds. The van der Waals surface area contributed by atoms with Crippen LogP contribution in [0.15, 0.2) is 24.3 Å². The van der Waals surface area contributed by atoms with Crippen LogP contribution in [0.25, 0.3) is 0 Å². The maximum atomic E-state index is 12.8. The molecule has 0 aliphatic carbocycles. The van der Waals surface area contributed by atoms with Crippen molar-refractivity contribution < 1.29 is 172 Å². The molecule has 2 atom stereocenters. The van der Waals surface area contributed by atoms with Crippen LogP contribution in [0, 0.1) is 0 Å². The molecule has 42 heteroatoms. The first kappa shape index (κ1) is 115. The van der Waals surface area contributed by atoms with Crippen LogP contribution in [-0.4, -0.2) is 496 Å². The molecule has 1 aliphatic heterocycles. The van der Waals surface area contributed by atoms with E-state index in [2.05, 4.69) is 10.6 Å². The molecule has 2 rings (SSSR count). The molecular formula is C83H150N6O36. The maximum Gasteiger partial charge on any atom is 0.321 e. The van der Waals surface area contributed by atoms with Gasteiger partial charge in [-0.15, -0.1) is 0 Å². The number of likely N-dealkylation sites (N-methyl/N-ethyl adjacent to an activating group) is 1. The fourth-order valence-electron chi connectivity index (χ4n) is 11.3. The summed E-state index contributed by atoms with van der Waals surface area (Å²) in [5.41, 5.74) is 0.726. The van der Waals surface area contributed by atoms with Gasteiger partial charge in [0.2, 0.25) is 5.91 Å². The Bertz CT molecular complexity index is 2650. The number of nitrogens with zero attached hydrogens (tertiary/aromatic N) is 4. The number of hydrogen-bond acceptors (Lipinski definition) is 37. The average Bonchev–Trinajstić information content (AvgIpc) is 0.853. The van der Waals surface area contributed by atoms with Crippen LogP contribution >= 0.6 is 0 Å². The van der Waals surface area contributed by atoms with E-state index in [1.54, 1.807) is 50.9 Å². The zero-order chi connectivity index (χ0) is 90.2. The van der Waals surface area contributed by atoms with E-state index >= 15 is 0 Å². The van der Waals surface area contributed by atoms with Crippen molar-refractivity contribution in [3.63, 3.8) is 0 Å². The van der Waals surface area contributed by atoms with Crippen LogP contribution in [-0.2, 0) is 154 Å². The van der Waals surface area contributed by atoms with Gasteiger partial charge < -0.3 is 149 Å². The highest BCUT2D eigenvalue weighted by Crippen LogP contribution is 2.17. The molecule has 0 radical (unpaired) electrons. The van der Waals surface area contributed by atoms with Crippen LogP contribution < -0.4 is 15.4 Å². The number of hydrogen-bond donors (Lipinski definition) is 6. The minimum atomic E-state index is -1.08. The van der Waals surface area contributed by atoms with E-state index in [9.17, 15) is 54.0 Å². The number of carbonyl (C=O) groups is 7. The Morgan fingerprint density at radius 1 is 0.328 bits per heavy atom. The summed E-state index contributed by atoms with van der Waals surface area (Å²) in [6.07, 6.45) is 2.62. The van der Waals surface area contributed by atoms with Crippen LogP contribution in [0.1, 0.15) is 44.6 Å². The van der Waals surface area contributed by atoms with Crippen molar-refractivity contribution in [2.24, 2.45) is 0 Å². The third-order valence-electron chi connectivity index (χ3n) is 17.8. The van der Waals surface area contributed by atoms with Gasteiger partial charge in [0.1, 0.15) is 30.8 Å². The molecule has 728 valence electrons. The number of carbonyl (C=O) groups excluding carboxylic acids is 3. The number of Topliss-reactive ketones (excluding diaryl/α,β-unsaturated/α-hetero) is 1. The van der Waals surface area contributed by atoms with Crippen LogP contribution in [0.2, 0.25) is 0 Å². The van der Waals surface area contributed by atoms with Gasteiger partial charge in [-0.05, 0) is 50.4 Å². The fraction of sp³-hybridized carbons (Fsp3) is 0.843. The summed E-state index contributed by atoms with van der Waals surface area (Å²) >= 11 is 0. The minimum Gasteiger partial charge on any atom is -0.491 e. The number of ether oxygens (including phenoxy) is 25. The summed E-state index contributed by atoms with van der Waals surface area (Å²) < 4.78 is 138. The highest BCUT2D eigenvalue weighted by atomic mass is 16.6. The van der Waals surface area contributed by atoms with E-state index in [1.807, 2.05) is 0 Å². The van der Waals surface area contributed by atoms with Crippen molar-refractivity contribution in [1.29, 1.82) is 0 Å². The van der Waals surface area contributed by atoms with E-state index in [0.29, 0.717) is 335 Å². The van der Waals surface area contributed by atoms with Crippen molar-refractivity contribution in [3.8, 4) is 5.75 Å². The molecule has 1 fully saturated rings. The number of esters is 1. The number of amides is 1. The van der Waals surface area contributed by atoms with Crippen molar-refractivity contribution in [2.75, 3.05) is 403 Å². The minimum absolute atomic E-state index is 0.111. The van der Waals surface area contributed by atoms with Gasteiger partial charge in [0.25, 0.3) is 0 Å². The second-order valence-corrected chi connectivity index (χ2v) is 27.7. The number of carboxylic acid groups (broad SMARTS) is 4. The predicted molar refractivity (Wildman–Crippen MR) is 450 cm³/mol. The Labute approximate surface area is 737 Å². The third kappa shape index (κ3) is 78.0. The summed E-state index contributed by atoms with van der Waals surface area (Å²) in [5.74, 6) is -4.03. The number of nitrogens with one attached hydrogen (secondary N) is 2. The highest BCUT2D eigenvalue weighted by Gasteiger charge is 2.29. The number of ketones is 1. The van der Waals surface area contributed by atoms with E-state index < -0.39 is 29.9 Å². The molecule has 42 nitrogen and oxygen atoms in total. The lowest BCUT2D eigenvalue weighted by Gasteiger charge is -2.35. The molecule has 1 aromatic carbocycles. The fourth-order valence-corrected chi connectivity index (χ4v) is 11.3. The van der Waals surface area contributed by atoms with Crippen molar-refractivity contribution in [3.05, 3.63) is 29.8 Å². The van der Waals surface area contributed by atoms with E-state index in [0.717, 1.165) is 5.56 Å². The van der Waals surface area contributed by atoms with Crippen molar-refractivity contribution in [1.82, 2.24) is 30.2 Å². The first-order valence-corrected chi connectivity index (χ1v) is 43.6. The zero-order valence-electron chi connectivity index (χ0n) is 74.3. The molecule has 1 heterocycles. The molecule has 125 heavy (non-hydrogen) atoms. The topological polar surface area (TPSA) is 468 Å². The molecule has 6 N–H and O–H groups in total. The van der Waals surface area contributed by atoms with E-state index in [4.69, 9.17) is 118 Å². The summed E-state index contributed by atoms with van der Waals surface area (Å²) in [7, 11) is 1.76. The molecule has 0 bridgehead atoms. The van der Waals surface area contributed by atoms with Crippen LogP contribution in [0.4, 0.5) is 0 Å². The number of carboxylic acids is 4. The van der Waals surface area contributed by atoms with Gasteiger partial charge in [-0.25, -0.2) is 0 Å². The summed E-state index contributed by atoms with van der Waals surface area (Å²) in [6, 6.07) is 5.75. The molecular weight excluding hydrogens is 1660 g/mol. The second-order valence-electron chi connectivity index (χ2n) is 27.7. The van der Waals surface area contributed by atoms with E-state index in [1.165, 1.54) is 6.92 Å². The molecule has 0 saturated carbocycles. The zero-order valence-corrected chi connectivity index (χ0v) is 74.3. The average molecular weight is 1810 g/mol. The van der Waals surface area contributed by atoms with Gasteiger partial charge >= 0.3 is 29.8 Å². The lowest BCUT2D eigenvalue weighted by atomic mass is 10.0. The molecule has 0 aromatic heterocycles. The summed E-state index contributed by atoms with van der Waals surface area (Å²) in [6.45, 7) is 22.7.